The number of hydrogen-bond donors (Lipinski definition) is 0. The maximum atomic E-state index is 13.8. The summed E-state index contributed by atoms with van der Waals surface area (Å²) < 4.78 is 139. The molecule has 0 aliphatic heterocycles. The van der Waals surface area contributed by atoms with E-state index in [1.807, 2.05) is 0 Å². The van der Waals surface area contributed by atoms with Gasteiger partial charge in [-0.2, -0.15) is 43.9 Å². The minimum absolute atomic E-state index is 0.205. The molecule has 0 rings (SSSR count). The van der Waals surface area contributed by atoms with E-state index < -0.39 is 42.7 Å². The van der Waals surface area contributed by atoms with E-state index in [4.69, 9.17) is 0 Å². The van der Waals surface area contributed by atoms with Crippen molar-refractivity contribution < 1.29 is 48.3 Å². The molecule has 0 amide bonds. The van der Waals surface area contributed by atoms with Crippen molar-refractivity contribution in [3.8, 4) is 0 Å². The second kappa shape index (κ2) is 7.00. The Morgan fingerprint density at radius 1 is 0.522 bits per heavy atom. The average Bonchev–Trinajstić information content (AvgIpc) is 2.35. The number of hydrogen-bond acceptors (Lipinski definition) is 0. The van der Waals surface area contributed by atoms with E-state index >= 15 is 0 Å². The number of rotatable bonds is 8. The SMILES string of the molecule is CCCCCCCC(F)(C(F)(F)F)C(F)(F)C(F)(F)C(F)(F)F. The molecule has 0 saturated heterocycles. The first-order chi connectivity index (χ1) is 10.1. The first-order valence-electron chi connectivity index (χ1n) is 6.64. The predicted octanol–water partition coefficient (Wildman–Crippen LogP) is 6.45. The minimum Gasteiger partial charge on any atom is -0.227 e. The zero-order valence-corrected chi connectivity index (χ0v) is 11.9. The molecule has 0 radical (unpaired) electrons. The van der Waals surface area contributed by atoms with Gasteiger partial charge in [-0.25, -0.2) is 4.39 Å². The Labute approximate surface area is 125 Å². The van der Waals surface area contributed by atoms with E-state index in [1.165, 1.54) is 0 Å². The molecule has 0 aromatic rings. The van der Waals surface area contributed by atoms with Crippen LogP contribution < -0.4 is 0 Å². The van der Waals surface area contributed by atoms with Gasteiger partial charge in [-0.05, 0) is 12.8 Å². The van der Waals surface area contributed by atoms with Gasteiger partial charge in [0.25, 0.3) is 5.67 Å². The molecular weight excluding hydrogens is 353 g/mol. The smallest absolute Gasteiger partial charge is 0.227 e. The highest BCUT2D eigenvalue weighted by Gasteiger charge is 2.85. The Bertz CT molecular complexity index is 368. The van der Waals surface area contributed by atoms with Gasteiger partial charge in [0, 0.05) is 0 Å². The zero-order valence-electron chi connectivity index (χ0n) is 11.9. The summed E-state index contributed by atoms with van der Waals surface area (Å²) >= 11 is 0. The van der Waals surface area contributed by atoms with Crippen molar-refractivity contribution in [2.45, 2.75) is 75.3 Å². The lowest BCUT2D eigenvalue weighted by atomic mass is 9.86. The van der Waals surface area contributed by atoms with Crippen molar-refractivity contribution in [1.82, 2.24) is 0 Å². The van der Waals surface area contributed by atoms with Crippen LogP contribution in [0.1, 0.15) is 45.4 Å². The molecule has 11 heteroatoms. The molecule has 1 atom stereocenters. The Morgan fingerprint density at radius 2 is 0.957 bits per heavy atom. The van der Waals surface area contributed by atoms with Gasteiger partial charge in [-0.1, -0.05) is 32.6 Å². The first kappa shape index (κ1) is 22.2. The van der Waals surface area contributed by atoms with Gasteiger partial charge in [0.15, 0.2) is 0 Å². The quantitative estimate of drug-likeness (QED) is 0.341. The molecule has 0 bridgehead atoms. The summed E-state index contributed by atoms with van der Waals surface area (Å²) in [6.07, 6.45) is -15.6. The van der Waals surface area contributed by atoms with Crippen LogP contribution in [-0.4, -0.2) is 29.9 Å². The molecule has 0 saturated carbocycles. The molecule has 0 heterocycles. The van der Waals surface area contributed by atoms with Crippen molar-refractivity contribution in [2.75, 3.05) is 0 Å². The fraction of sp³-hybridized carbons (Fsp3) is 1.00. The summed E-state index contributed by atoms with van der Waals surface area (Å²) in [4.78, 5) is 0. The third-order valence-corrected chi connectivity index (χ3v) is 3.32. The second-order valence-electron chi connectivity index (χ2n) is 5.11. The van der Waals surface area contributed by atoms with Crippen LogP contribution in [0.2, 0.25) is 0 Å². The van der Waals surface area contributed by atoms with E-state index in [9.17, 15) is 48.3 Å². The van der Waals surface area contributed by atoms with Crippen molar-refractivity contribution >= 4 is 0 Å². The molecular formula is C12H15F11. The highest BCUT2D eigenvalue weighted by atomic mass is 19.4. The van der Waals surface area contributed by atoms with Crippen LogP contribution in [-0.2, 0) is 0 Å². The predicted molar refractivity (Wildman–Crippen MR) is 59.2 cm³/mol. The molecule has 0 nitrogen and oxygen atoms in total. The van der Waals surface area contributed by atoms with Crippen LogP contribution in [0.5, 0.6) is 0 Å². The Morgan fingerprint density at radius 3 is 1.30 bits per heavy atom. The standard InChI is InChI=1S/C12H15F11/c1-2-3-4-5-6-7-8(13,11(18,19)20)9(14,15)10(16,17)12(21,22)23/h2-7H2,1H3. The van der Waals surface area contributed by atoms with Gasteiger partial charge < -0.3 is 0 Å². The monoisotopic (exact) mass is 368 g/mol. The van der Waals surface area contributed by atoms with Crippen LogP contribution in [0.25, 0.3) is 0 Å². The number of halogens is 11. The van der Waals surface area contributed by atoms with Crippen LogP contribution in [0, 0.1) is 0 Å². The van der Waals surface area contributed by atoms with Gasteiger partial charge in [0.1, 0.15) is 0 Å². The van der Waals surface area contributed by atoms with Gasteiger partial charge in [0.05, 0.1) is 0 Å². The van der Waals surface area contributed by atoms with Gasteiger partial charge >= 0.3 is 24.2 Å². The zero-order chi connectivity index (χ0) is 18.7. The molecule has 0 aliphatic rings. The topological polar surface area (TPSA) is 0 Å². The first-order valence-corrected chi connectivity index (χ1v) is 6.64. The lowest BCUT2D eigenvalue weighted by Crippen LogP contribution is -2.67. The van der Waals surface area contributed by atoms with Crippen molar-refractivity contribution in [1.29, 1.82) is 0 Å². The van der Waals surface area contributed by atoms with Crippen LogP contribution in [0.15, 0.2) is 0 Å². The summed E-state index contributed by atoms with van der Waals surface area (Å²) in [7, 11) is 0. The lowest BCUT2D eigenvalue weighted by Gasteiger charge is -2.39. The van der Waals surface area contributed by atoms with Gasteiger partial charge in [-0.15, -0.1) is 0 Å². The minimum atomic E-state index is -7.16. The molecule has 0 aliphatic carbocycles. The maximum Gasteiger partial charge on any atom is 0.460 e. The molecule has 0 aromatic carbocycles. The van der Waals surface area contributed by atoms with E-state index in [2.05, 4.69) is 0 Å². The van der Waals surface area contributed by atoms with Crippen molar-refractivity contribution in [2.24, 2.45) is 0 Å². The fourth-order valence-electron chi connectivity index (χ4n) is 1.88. The second-order valence-corrected chi connectivity index (χ2v) is 5.11. The summed E-state index contributed by atoms with van der Waals surface area (Å²) in [5, 5.41) is 0. The Hall–Kier alpha value is -0.770. The Balaban J connectivity index is 5.54. The molecule has 0 fully saturated rings. The van der Waals surface area contributed by atoms with Crippen LogP contribution in [0.4, 0.5) is 48.3 Å². The molecule has 23 heavy (non-hydrogen) atoms. The van der Waals surface area contributed by atoms with Crippen molar-refractivity contribution in [3.05, 3.63) is 0 Å². The molecule has 140 valence electrons. The van der Waals surface area contributed by atoms with Gasteiger partial charge in [0.2, 0.25) is 0 Å². The molecule has 0 aromatic heterocycles. The van der Waals surface area contributed by atoms with E-state index in [0.29, 0.717) is 12.8 Å². The highest BCUT2D eigenvalue weighted by molar-refractivity contribution is 5.08. The average molecular weight is 368 g/mol. The number of alkyl halides is 11. The number of unbranched alkanes of at least 4 members (excludes halogenated alkanes) is 4. The van der Waals surface area contributed by atoms with Crippen LogP contribution in [0.3, 0.4) is 0 Å². The van der Waals surface area contributed by atoms with Crippen LogP contribution >= 0.6 is 0 Å². The van der Waals surface area contributed by atoms with E-state index in [0.717, 1.165) is 0 Å². The molecule has 0 N–H and O–H groups in total. The maximum absolute atomic E-state index is 13.8. The van der Waals surface area contributed by atoms with Gasteiger partial charge in [-0.3, -0.25) is 0 Å². The third kappa shape index (κ3) is 4.20. The molecule has 1 unspecified atom stereocenters. The largest absolute Gasteiger partial charge is 0.460 e. The summed E-state index contributed by atoms with van der Waals surface area (Å²) in [6, 6.07) is 0. The third-order valence-electron chi connectivity index (χ3n) is 3.32. The fourth-order valence-corrected chi connectivity index (χ4v) is 1.88. The Kier molecular flexibility index (Phi) is 6.77. The summed E-state index contributed by atoms with van der Waals surface area (Å²) in [5.74, 6) is -14.1. The summed E-state index contributed by atoms with van der Waals surface area (Å²) in [6.45, 7) is 1.70. The van der Waals surface area contributed by atoms with E-state index in [-0.39, 0.29) is 12.8 Å². The summed E-state index contributed by atoms with van der Waals surface area (Å²) in [5.41, 5.74) is -5.98. The highest BCUT2D eigenvalue weighted by Crippen LogP contribution is 2.58. The normalized spacial score (nSPS) is 17.2. The molecule has 0 spiro atoms. The lowest BCUT2D eigenvalue weighted by molar-refractivity contribution is -0.412. The van der Waals surface area contributed by atoms with E-state index in [1.54, 1.807) is 6.92 Å². The van der Waals surface area contributed by atoms with Crippen molar-refractivity contribution in [3.63, 3.8) is 0 Å².